The molecule has 0 aliphatic carbocycles. The van der Waals surface area contributed by atoms with E-state index < -0.39 is 17.7 Å². The van der Waals surface area contributed by atoms with Gasteiger partial charge in [0, 0.05) is 10.6 Å². The number of pyridine rings is 1. The Balaban J connectivity index is 3.50. The van der Waals surface area contributed by atoms with Crippen molar-refractivity contribution >= 4 is 21.9 Å². The molecule has 0 aliphatic rings. The number of halogens is 1. The summed E-state index contributed by atoms with van der Waals surface area (Å²) in [7, 11) is 0. The molecule has 0 unspecified atom stereocenters. The van der Waals surface area contributed by atoms with E-state index in [1.54, 1.807) is 0 Å². The topological polar surface area (TPSA) is 50.2 Å². The van der Waals surface area contributed by atoms with Gasteiger partial charge in [0.05, 0.1) is 4.11 Å². The first kappa shape index (κ1) is 4.08. The first-order valence-corrected chi connectivity index (χ1v) is 3.11. The van der Waals surface area contributed by atoms with Gasteiger partial charge in [0.1, 0.15) is 5.69 Å². The second-order valence-corrected chi connectivity index (χ2v) is 2.23. The third kappa shape index (κ3) is 1.54. The van der Waals surface area contributed by atoms with Crippen molar-refractivity contribution in [3.05, 3.63) is 28.4 Å². The van der Waals surface area contributed by atoms with Crippen molar-refractivity contribution in [2.75, 3.05) is 0 Å². The molecule has 0 spiro atoms. The fraction of sp³-hybridized carbons (Fsp3) is 0. The van der Waals surface area contributed by atoms with Crippen LogP contribution in [0.25, 0.3) is 0 Å². The van der Waals surface area contributed by atoms with Crippen LogP contribution in [0, 0.1) is 0 Å². The van der Waals surface area contributed by atoms with Gasteiger partial charge in [-0.25, -0.2) is 9.78 Å². The minimum absolute atomic E-state index is 0.0301. The van der Waals surface area contributed by atoms with Crippen molar-refractivity contribution in [2.24, 2.45) is 0 Å². The van der Waals surface area contributed by atoms with E-state index in [1.807, 2.05) is 0 Å². The molecule has 0 aromatic carbocycles. The summed E-state index contributed by atoms with van der Waals surface area (Å²) in [4.78, 5) is 13.8. The molecule has 1 aromatic heterocycles. The summed E-state index contributed by atoms with van der Waals surface area (Å²) in [6.45, 7) is 0. The molecule has 0 saturated carbocycles. The van der Waals surface area contributed by atoms with Crippen LogP contribution in [-0.4, -0.2) is 16.1 Å². The highest BCUT2D eigenvalue weighted by molar-refractivity contribution is 9.10. The van der Waals surface area contributed by atoms with Crippen molar-refractivity contribution in [3.63, 3.8) is 0 Å². The van der Waals surface area contributed by atoms with Gasteiger partial charge in [-0.15, -0.1) is 0 Å². The van der Waals surface area contributed by atoms with Gasteiger partial charge < -0.3 is 5.11 Å². The Hall–Kier alpha value is -0.900. The number of rotatable bonds is 1. The second-order valence-electron chi connectivity index (χ2n) is 1.44. The van der Waals surface area contributed by atoms with Crippen LogP contribution in [0.4, 0.5) is 0 Å². The average molecular weight is 205 g/mol. The molecule has 0 amide bonds. The molecule has 0 atom stereocenters. The summed E-state index contributed by atoms with van der Waals surface area (Å²) in [5, 5.41) is 8.54. The highest BCUT2D eigenvalue weighted by atomic mass is 79.9. The van der Waals surface area contributed by atoms with Gasteiger partial charge >= 0.3 is 5.97 Å². The minimum atomic E-state index is -1.40. The zero-order valence-corrected chi connectivity index (χ0v) is 6.27. The number of carboxylic acids is 1. The molecule has 1 N–H and O–H groups in total. The van der Waals surface area contributed by atoms with E-state index in [0.717, 1.165) is 0 Å². The Morgan fingerprint density at radius 2 is 2.50 bits per heavy atom. The molecule has 1 heterocycles. The molecule has 1 aromatic rings. The van der Waals surface area contributed by atoms with Gasteiger partial charge in [0.25, 0.3) is 0 Å². The van der Waals surface area contributed by atoms with Crippen LogP contribution >= 0.6 is 15.9 Å². The van der Waals surface area contributed by atoms with Crippen LogP contribution in [0.1, 0.15) is 14.6 Å². The zero-order valence-electron chi connectivity index (χ0n) is 7.68. The normalized spacial score (nSPS) is 13.5. The number of carboxylic acid groups (broad SMARTS) is 1. The molecule has 4 heteroatoms. The van der Waals surface area contributed by atoms with Crippen molar-refractivity contribution in [2.45, 2.75) is 0 Å². The van der Waals surface area contributed by atoms with Crippen LogP contribution in [0.3, 0.4) is 0 Å². The van der Waals surface area contributed by atoms with E-state index in [-0.39, 0.29) is 16.7 Å². The summed E-state index contributed by atoms with van der Waals surface area (Å²) in [6.07, 6.45) is -0.349. The smallest absolute Gasteiger partial charge is 0.354 e. The van der Waals surface area contributed by atoms with Crippen molar-refractivity contribution < 1.29 is 14.0 Å². The molecule has 0 saturated heterocycles. The van der Waals surface area contributed by atoms with E-state index in [1.165, 1.54) is 0 Å². The van der Waals surface area contributed by atoms with Gasteiger partial charge in [-0.3, -0.25) is 0 Å². The standard InChI is InChI=1S/C6H4BrNO2/c7-4-1-2-5(6(9)10)8-3-4/h1-3H,(H,9,10)/i1D,2D,3D. The predicted molar refractivity (Wildman–Crippen MR) is 38.9 cm³/mol. The molecule has 3 nitrogen and oxygen atoms in total. The number of hydrogen-bond acceptors (Lipinski definition) is 2. The predicted octanol–water partition coefficient (Wildman–Crippen LogP) is 1.54. The van der Waals surface area contributed by atoms with Gasteiger partial charge in [0.15, 0.2) is 0 Å². The number of aromatic carboxylic acids is 1. The van der Waals surface area contributed by atoms with Crippen LogP contribution in [0.2, 0.25) is 0 Å². The van der Waals surface area contributed by atoms with Crippen LogP contribution in [0.5, 0.6) is 0 Å². The largest absolute Gasteiger partial charge is 0.477 e. The molecular weight excluding hydrogens is 198 g/mol. The highest BCUT2D eigenvalue weighted by Gasteiger charge is 2.01. The Labute approximate surface area is 70.1 Å². The summed E-state index contributed by atoms with van der Waals surface area (Å²) in [5.74, 6) is -1.40. The van der Waals surface area contributed by atoms with Crippen molar-refractivity contribution in [1.29, 1.82) is 0 Å². The van der Waals surface area contributed by atoms with Gasteiger partial charge in [-0.05, 0) is 28.0 Å². The van der Waals surface area contributed by atoms with Crippen LogP contribution in [0.15, 0.2) is 22.7 Å². The first-order chi connectivity index (χ1) is 5.95. The molecule has 0 radical (unpaired) electrons. The number of nitrogens with zero attached hydrogens (tertiary/aromatic N) is 1. The fourth-order valence-electron chi connectivity index (χ4n) is 0.376. The Kier molecular flexibility index (Phi) is 1.14. The Morgan fingerprint density at radius 1 is 1.80 bits per heavy atom. The maximum atomic E-state index is 10.5. The Bertz CT molecular complexity index is 383. The monoisotopic (exact) mass is 204 g/mol. The van der Waals surface area contributed by atoms with Crippen LogP contribution < -0.4 is 0 Å². The lowest BCUT2D eigenvalue weighted by atomic mass is 10.4. The number of aromatic nitrogens is 1. The number of hydrogen-bond donors (Lipinski definition) is 1. The van der Waals surface area contributed by atoms with E-state index in [9.17, 15) is 4.79 Å². The quantitative estimate of drug-likeness (QED) is 0.756. The first-order valence-electron chi connectivity index (χ1n) is 3.81. The summed E-state index contributed by atoms with van der Waals surface area (Å²) < 4.78 is 21.7. The Morgan fingerprint density at radius 3 is 3.10 bits per heavy atom. The van der Waals surface area contributed by atoms with E-state index in [0.29, 0.717) is 0 Å². The third-order valence-electron chi connectivity index (χ3n) is 0.759. The second kappa shape index (κ2) is 2.79. The van der Waals surface area contributed by atoms with Gasteiger partial charge in [-0.2, -0.15) is 0 Å². The van der Waals surface area contributed by atoms with Gasteiger partial charge in [0.2, 0.25) is 0 Å². The SMILES string of the molecule is [2H]c1nc(C(=O)O)c([2H])c([2H])c1Br. The fourth-order valence-corrected chi connectivity index (χ4v) is 0.564. The molecular formula is C6H4BrNO2. The molecule has 0 bridgehead atoms. The third-order valence-corrected chi connectivity index (χ3v) is 1.13. The summed E-state index contributed by atoms with van der Waals surface area (Å²) in [5.41, 5.74) is -0.571. The lowest BCUT2D eigenvalue weighted by Crippen LogP contribution is -1.98. The average Bonchev–Trinajstić information content (AvgIpc) is 2.07. The number of carbonyl (C=O) groups is 1. The van der Waals surface area contributed by atoms with E-state index in [4.69, 9.17) is 9.22 Å². The van der Waals surface area contributed by atoms with Crippen molar-refractivity contribution in [1.82, 2.24) is 4.98 Å². The van der Waals surface area contributed by atoms with Crippen LogP contribution in [-0.2, 0) is 0 Å². The highest BCUT2D eigenvalue weighted by Crippen LogP contribution is 2.06. The molecule has 52 valence electrons. The molecule has 10 heavy (non-hydrogen) atoms. The maximum absolute atomic E-state index is 10.5. The van der Waals surface area contributed by atoms with E-state index in [2.05, 4.69) is 20.9 Å². The summed E-state index contributed by atoms with van der Waals surface area (Å²) in [6, 6.07) is -0.826. The maximum Gasteiger partial charge on any atom is 0.354 e. The van der Waals surface area contributed by atoms with Gasteiger partial charge in [-0.1, -0.05) is 0 Å². The van der Waals surface area contributed by atoms with Crippen molar-refractivity contribution in [3.8, 4) is 0 Å². The lowest BCUT2D eigenvalue weighted by molar-refractivity contribution is 0.0690. The lowest BCUT2D eigenvalue weighted by Gasteiger charge is -1.90. The molecule has 1 rings (SSSR count). The zero-order chi connectivity index (χ0) is 10.2. The molecule has 0 aliphatic heterocycles. The van der Waals surface area contributed by atoms with E-state index >= 15 is 0 Å². The molecule has 0 fully saturated rings. The minimum Gasteiger partial charge on any atom is -0.477 e. The summed E-state index contributed by atoms with van der Waals surface area (Å²) >= 11 is 2.86.